The first-order valence-electron chi connectivity index (χ1n) is 7.32. The van der Waals surface area contributed by atoms with E-state index in [-0.39, 0.29) is 6.10 Å². The lowest BCUT2D eigenvalue weighted by Crippen LogP contribution is -2.29. The van der Waals surface area contributed by atoms with Crippen LogP contribution in [0.4, 0.5) is 0 Å². The van der Waals surface area contributed by atoms with E-state index in [2.05, 4.69) is 54.9 Å². The molecule has 0 bridgehead atoms. The Morgan fingerprint density at radius 2 is 2.15 bits per heavy atom. The average molecular weight is 287 g/mol. The number of hydrogen-bond acceptors (Lipinski definition) is 3. The molecular formula is C17H21NOS. The number of fused-ring (bicyclic) bond motifs is 1. The number of rotatable bonds is 4. The van der Waals surface area contributed by atoms with Crippen LogP contribution in [-0.2, 0) is 0 Å². The normalized spacial score (nSPS) is 21.3. The maximum Gasteiger partial charge on any atom is 0.135 e. The van der Waals surface area contributed by atoms with Crippen LogP contribution in [0, 0.1) is 6.92 Å². The van der Waals surface area contributed by atoms with Crippen LogP contribution in [-0.4, -0.2) is 6.54 Å². The second kappa shape index (κ2) is 5.98. The Morgan fingerprint density at radius 1 is 1.30 bits per heavy atom. The van der Waals surface area contributed by atoms with Gasteiger partial charge in [-0.3, -0.25) is 0 Å². The minimum Gasteiger partial charge on any atom is -0.484 e. The van der Waals surface area contributed by atoms with E-state index in [9.17, 15) is 0 Å². The second-order valence-corrected chi connectivity index (χ2v) is 6.30. The summed E-state index contributed by atoms with van der Waals surface area (Å²) < 4.78 is 6.24. The Labute approximate surface area is 124 Å². The highest BCUT2D eigenvalue weighted by atomic mass is 32.1. The summed E-state index contributed by atoms with van der Waals surface area (Å²) in [5, 5.41) is 5.82. The Hall–Kier alpha value is -1.32. The molecule has 2 nitrogen and oxygen atoms in total. The SMILES string of the molecule is CCCNC1CC(c2sccc2C)Oc2ccccc21. The Balaban J connectivity index is 1.90. The van der Waals surface area contributed by atoms with E-state index in [0.717, 1.165) is 25.1 Å². The first-order valence-corrected chi connectivity index (χ1v) is 8.20. The van der Waals surface area contributed by atoms with Crippen LogP contribution in [0.2, 0.25) is 0 Å². The van der Waals surface area contributed by atoms with Crippen molar-refractivity contribution in [2.24, 2.45) is 0 Å². The van der Waals surface area contributed by atoms with Crippen molar-refractivity contribution in [2.45, 2.75) is 38.8 Å². The van der Waals surface area contributed by atoms with Gasteiger partial charge in [-0.15, -0.1) is 11.3 Å². The van der Waals surface area contributed by atoms with Gasteiger partial charge < -0.3 is 10.1 Å². The maximum atomic E-state index is 6.24. The van der Waals surface area contributed by atoms with Crippen molar-refractivity contribution in [1.29, 1.82) is 0 Å². The minimum absolute atomic E-state index is 0.180. The Morgan fingerprint density at radius 3 is 2.90 bits per heavy atom. The zero-order valence-corrected chi connectivity index (χ0v) is 12.9. The number of aryl methyl sites for hydroxylation is 1. The molecule has 2 aromatic rings. The zero-order chi connectivity index (χ0) is 13.9. The van der Waals surface area contributed by atoms with Crippen molar-refractivity contribution in [3.05, 3.63) is 51.7 Å². The fraction of sp³-hybridized carbons (Fsp3) is 0.412. The van der Waals surface area contributed by atoms with Crippen molar-refractivity contribution < 1.29 is 4.74 Å². The van der Waals surface area contributed by atoms with Crippen molar-refractivity contribution in [1.82, 2.24) is 5.32 Å². The van der Waals surface area contributed by atoms with Gasteiger partial charge in [-0.2, -0.15) is 0 Å². The van der Waals surface area contributed by atoms with Crippen LogP contribution in [0.25, 0.3) is 0 Å². The molecule has 20 heavy (non-hydrogen) atoms. The summed E-state index contributed by atoms with van der Waals surface area (Å²) in [5.41, 5.74) is 2.64. The molecule has 0 aliphatic carbocycles. The van der Waals surface area contributed by atoms with Crippen molar-refractivity contribution in [3.8, 4) is 5.75 Å². The largest absolute Gasteiger partial charge is 0.484 e. The van der Waals surface area contributed by atoms with E-state index >= 15 is 0 Å². The number of para-hydroxylation sites is 1. The monoisotopic (exact) mass is 287 g/mol. The van der Waals surface area contributed by atoms with Gasteiger partial charge in [0.25, 0.3) is 0 Å². The van der Waals surface area contributed by atoms with Crippen LogP contribution in [0.5, 0.6) is 5.75 Å². The fourth-order valence-electron chi connectivity index (χ4n) is 2.80. The van der Waals surface area contributed by atoms with Crippen molar-refractivity contribution in [2.75, 3.05) is 6.54 Å². The Bertz CT molecular complexity index is 578. The number of benzene rings is 1. The van der Waals surface area contributed by atoms with E-state index in [0.29, 0.717) is 6.04 Å². The van der Waals surface area contributed by atoms with Gasteiger partial charge in [0.15, 0.2) is 0 Å². The summed E-state index contributed by atoms with van der Waals surface area (Å²) in [5.74, 6) is 1.03. The standard InChI is InChI=1S/C17H21NOS/c1-3-9-18-14-11-16(17-12(2)8-10-20-17)19-15-7-5-4-6-13(14)15/h4-8,10,14,16,18H,3,9,11H2,1-2H3. The third-order valence-electron chi connectivity index (χ3n) is 3.85. The number of nitrogens with one attached hydrogen (secondary N) is 1. The molecule has 0 saturated heterocycles. The number of ether oxygens (including phenoxy) is 1. The summed E-state index contributed by atoms with van der Waals surface area (Å²) in [4.78, 5) is 1.36. The van der Waals surface area contributed by atoms with E-state index < -0.39 is 0 Å². The van der Waals surface area contributed by atoms with Gasteiger partial charge in [0.2, 0.25) is 0 Å². The summed E-state index contributed by atoms with van der Waals surface area (Å²) in [6.07, 6.45) is 2.35. The summed E-state index contributed by atoms with van der Waals surface area (Å²) in [6, 6.07) is 11.0. The molecule has 0 amide bonds. The van der Waals surface area contributed by atoms with Crippen molar-refractivity contribution in [3.63, 3.8) is 0 Å². The van der Waals surface area contributed by atoms with Gasteiger partial charge in [-0.1, -0.05) is 25.1 Å². The molecule has 1 N–H and O–H groups in total. The highest BCUT2D eigenvalue weighted by Gasteiger charge is 2.29. The highest BCUT2D eigenvalue weighted by molar-refractivity contribution is 7.10. The van der Waals surface area contributed by atoms with Crippen molar-refractivity contribution >= 4 is 11.3 Å². The van der Waals surface area contributed by atoms with Gasteiger partial charge in [0.05, 0.1) is 0 Å². The molecule has 1 aromatic heterocycles. The minimum atomic E-state index is 0.180. The maximum absolute atomic E-state index is 6.24. The molecule has 106 valence electrons. The molecular weight excluding hydrogens is 266 g/mol. The molecule has 0 saturated carbocycles. The predicted molar refractivity (Wildman–Crippen MR) is 84.5 cm³/mol. The molecule has 0 fully saturated rings. The van der Waals surface area contributed by atoms with Crippen LogP contribution in [0.3, 0.4) is 0 Å². The predicted octanol–water partition coefficient (Wildman–Crippen LogP) is 4.62. The van der Waals surface area contributed by atoms with E-state index in [4.69, 9.17) is 4.74 Å². The van der Waals surface area contributed by atoms with Crippen LogP contribution >= 0.6 is 11.3 Å². The van der Waals surface area contributed by atoms with E-state index in [1.807, 2.05) is 0 Å². The second-order valence-electron chi connectivity index (χ2n) is 5.35. The molecule has 1 aromatic carbocycles. The first-order chi connectivity index (χ1) is 9.79. The van der Waals surface area contributed by atoms with Crippen LogP contribution in [0.15, 0.2) is 35.7 Å². The third kappa shape index (κ3) is 2.60. The Kier molecular flexibility index (Phi) is 4.08. The molecule has 2 heterocycles. The molecule has 0 spiro atoms. The smallest absolute Gasteiger partial charge is 0.135 e. The molecule has 2 unspecified atom stereocenters. The van der Waals surface area contributed by atoms with Gasteiger partial charge in [0, 0.05) is 22.9 Å². The lowest BCUT2D eigenvalue weighted by molar-refractivity contribution is 0.154. The van der Waals surface area contributed by atoms with Gasteiger partial charge in [-0.05, 0) is 43.0 Å². The van der Waals surface area contributed by atoms with Crippen LogP contribution in [0.1, 0.15) is 47.9 Å². The number of thiophene rings is 1. The van der Waals surface area contributed by atoms with Crippen LogP contribution < -0.4 is 10.1 Å². The lowest BCUT2D eigenvalue weighted by atomic mass is 9.95. The molecule has 1 aliphatic heterocycles. The molecule has 3 heteroatoms. The van der Waals surface area contributed by atoms with Gasteiger partial charge in [-0.25, -0.2) is 0 Å². The summed E-state index contributed by atoms with van der Waals surface area (Å²) >= 11 is 1.80. The zero-order valence-electron chi connectivity index (χ0n) is 12.1. The highest BCUT2D eigenvalue weighted by Crippen LogP contribution is 2.42. The molecule has 3 rings (SSSR count). The van der Waals surface area contributed by atoms with E-state index in [1.165, 1.54) is 16.0 Å². The summed E-state index contributed by atoms with van der Waals surface area (Å²) in [7, 11) is 0. The van der Waals surface area contributed by atoms with Gasteiger partial charge in [0.1, 0.15) is 11.9 Å². The lowest BCUT2D eigenvalue weighted by Gasteiger charge is -2.32. The molecule has 0 radical (unpaired) electrons. The van der Waals surface area contributed by atoms with Gasteiger partial charge >= 0.3 is 0 Å². The average Bonchev–Trinajstić information content (AvgIpc) is 2.90. The van der Waals surface area contributed by atoms with E-state index in [1.54, 1.807) is 11.3 Å². The number of hydrogen-bond donors (Lipinski definition) is 1. The molecule has 1 aliphatic rings. The topological polar surface area (TPSA) is 21.3 Å². The quantitative estimate of drug-likeness (QED) is 0.886. The fourth-order valence-corrected chi connectivity index (χ4v) is 3.77. The first kappa shape index (κ1) is 13.7. The molecule has 2 atom stereocenters. The summed E-state index contributed by atoms with van der Waals surface area (Å²) in [6.45, 7) is 5.43. The third-order valence-corrected chi connectivity index (χ3v) is 4.96.